The van der Waals surface area contributed by atoms with E-state index in [1.165, 1.54) is 0 Å². The third kappa shape index (κ3) is 3.92. The van der Waals surface area contributed by atoms with Gasteiger partial charge in [0.25, 0.3) is 0 Å². The fourth-order valence-corrected chi connectivity index (χ4v) is 1.57. The molecule has 0 radical (unpaired) electrons. The van der Waals surface area contributed by atoms with E-state index in [1.54, 1.807) is 24.3 Å². The van der Waals surface area contributed by atoms with Crippen LogP contribution in [-0.2, 0) is 16.1 Å². The second kappa shape index (κ2) is 6.70. The van der Waals surface area contributed by atoms with Gasteiger partial charge in [0.1, 0.15) is 6.61 Å². The Balaban J connectivity index is 2.50. The van der Waals surface area contributed by atoms with Crippen molar-refractivity contribution in [1.82, 2.24) is 0 Å². The molecule has 0 spiro atoms. The number of hydrogen-bond acceptors (Lipinski definition) is 3. The molecule has 0 saturated heterocycles. The molecule has 0 fully saturated rings. The Bertz CT molecular complexity index is 399. The number of rotatable bonds is 5. The summed E-state index contributed by atoms with van der Waals surface area (Å²) >= 11 is 0. The van der Waals surface area contributed by atoms with Gasteiger partial charge in [0.05, 0.1) is 17.6 Å². The quantitative estimate of drug-likeness (QED) is 0.732. The Morgan fingerprint density at radius 2 is 1.88 bits per heavy atom. The summed E-state index contributed by atoms with van der Waals surface area (Å²) in [6.07, 6.45) is 1.62. The lowest BCUT2D eigenvalue weighted by atomic mass is 10.0. The summed E-state index contributed by atoms with van der Waals surface area (Å²) in [7, 11) is 0. The van der Waals surface area contributed by atoms with Gasteiger partial charge in [-0.25, -0.2) is 0 Å². The Morgan fingerprint density at radius 3 is 2.35 bits per heavy atom. The molecule has 0 amide bonds. The maximum atomic E-state index is 11.6. The van der Waals surface area contributed by atoms with E-state index < -0.39 is 0 Å². The first-order chi connectivity index (χ1) is 8.21. The largest absolute Gasteiger partial charge is 0.461 e. The molecule has 1 aromatic carbocycles. The molecule has 1 aromatic rings. The lowest BCUT2D eigenvalue weighted by molar-refractivity contribution is -0.150. The van der Waals surface area contributed by atoms with Crippen LogP contribution >= 0.6 is 0 Å². The first-order valence-electron chi connectivity index (χ1n) is 5.86. The number of carbonyl (C=O) groups excluding carboxylic acids is 1. The van der Waals surface area contributed by atoms with Crippen LogP contribution in [0, 0.1) is 17.2 Å². The van der Waals surface area contributed by atoms with Gasteiger partial charge in [0.15, 0.2) is 0 Å². The SMILES string of the molecule is CCC(CC)C(=O)OCc1ccc(C#N)cc1. The zero-order valence-electron chi connectivity index (χ0n) is 10.3. The molecule has 0 unspecified atom stereocenters. The molecule has 1 rings (SSSR count). The number of nitrogens with zero attached hydrogens (tertiary/aromatic N) is 1. The van der Waals surface area contributed by atoms with Crippen molar-refractivity contribution >= 4 is 5.97 Å². The highest BCUT2D eigenvalue weighted by atomic mass is 16.5. The van der Waals surface area contributed by atoms with E-state index in [-0.39, 0.29) is 18.5 Å². The average Bonchev–Trinajstić information content (AvgIpc) is 2.38. The van der Waals surface area contributed by atoms with Crippen molar-refractivity contribution in [3.05, 3.63) is 35.4 Å². The second-order valence-electron chi connectivity index (χ2n) is 3.93. The average molecular weight is 231 g/mol. The smallest absolute Gasteiger partial charge is 0.309 e. The molecule has 3 heteroatoms. The van der Waals surface area contributed by atoms with E-state index in [0.29, 0.717) is 5.56 Å². The first kappa shape index (κ1) is 13.2. The van der Waals surface area contributed by atoms with Crippen LogP contribution in [0.4, 0.5) is 0 Å². The van der Waals surface area contributed by atoms with Crippen LogP contribution in [0.25, 0.3) is 0 Å². The van der Waals surface area contributed by atoms with Crippen LogP contribution in [0.2, 0.25) is 0 Å². The van der Waals surface area contributed by atoms with Gasteiger partial charge in [0, 0.05) is 0 Å². The number of hydrogen-bond donors (Lipinski definition) is 0. The van der Waals surface area contributed by atoms with Crippen LogP contribution in [0.3, 0.4) is 0 Å². The molecule has 0 aliphatic rings. The number of ether oxygens (including phenoxy) is 1. The highest BCUT2D eigenvalue weighted by Gasteiger charge is 2.15. The van der Waals surface area contributed by atoms with E-state index in [1.807, 2.05) is 19.9 Å². The van der Waals surface area contributed by atoms with Crippen molar-refractivity contribution in [2.45, 2.75) is 33.3 Å². The minimum atomic E-state index is -0.139. The molecule has 0 aromatic heterocycles. The van der Waals surface area contributed by atoms with Gasteiger partial charge in [-0.2, -0.15) is 5.26 Å². The summed E-state index contributed by atoms with van der Waals surface area (Å²) in [6.45, 7) is 4.25. The predicted octanol–water partition coefficient (Wildman–Crippen LogP) is 3.04. The van der Waals surface area contributed by atoms with E-state index >= 15 is 0 Å². The Morgan fingerprint density at radius 1 is 1.29 bits per heavy atom. The number of carbonyl (C=O) groups is 1. The van der Waals surface area contributed by atoms with Gasteiger partial charge in [-0.05, 0) is 30.5 Å². The Labute approximate surface area is 102 Å². The van der Waals surface area contributed by atoms with Crippen molar-refractivity contribution in [2.75, 3.05) is 0 Å². The summed E-state index contributed by atoms with van der Waals surface area (Å²) in [4.78, 5) is 11.6. The van der Waals surface area contributed by atoms with Gasteiger partial charge in [-0.15, -0.1) is 0 Å². The number of benzene rings is 1. The predicted molar refractivity (Wildman–Crippen MR) is 65.0 cm³/mol. The third-order valence-corrected chi connectivity index (χ3v) is 2.78. The summed E-state index contributed by atoms with van der Waals surface area (Å²) < 4.78 is 5.22. The molecule has 0 N–H and O–H groups in total. The lowest BCUT2D eigenvalue weighted by Crippen LogP contribution is -2.16. The van der Waals surface area contributed by atoms with E-state index in [0.717, 1.165) is 18.4 Å². The van der Waals surface area contributed by atoms with Crippen molar-refractivity contribution in [3.8, 4) is 6.07 Å². The maximum absolute atomic E-state index is 11.6. The summed E-state index contributed by atoms with van der Waals surface area (Å²) in [6, 6.07) is 9.10. The normalized spacial score (nSPS) is 10.0. The van der Waals surface area contributed by atoms with Gasteiger partial charge in [-0.1, -0.05) is 26.0 Å². The fourth-order valence-electron chi connectivity index (χ4n) is 1.57. The highest BCUT2D eigenvalue weighted by molar-refractivity contribution is 5.72. The van der Waals surface area contributed by atoms with Gasteiger partial charge in [0.2, 0.25) is 0 Å². The Kier molecular flexibility index (Phi) is 5.22. The molecule has 0 heterocycles. The zero-order chi connectivity index (χ0) is 12.7. The van der Waals surface area contributed by atoms with Gasteiger partial charge >= 0.3 is 5.97 Å². The monoisotopic (exact) mass is 231 g/mol. The maximum Gasteiger partial charge on any atom is 0.309 e. The molecular formula is C14H17NO2. The van der Waals surface area contributed by atoms with Crippen molar-refractivity contribution in [3.63, 3.8) is 0 Å². The van der Waals surface area contributed by atoms with E-state index in [9.17, 15) is 4.79 Å². The zero-order valence-corrected chi connectivity index (χ0v) is 10.3. The first-order valence-corrected chi connectivity index (χ1v) is 5.86. The number of nitriles is 1. The van der Waals surface area contributed by atoms with Crippen LogP contribution < -0.4 is 0 Å². The summed E-state index contributed by atoms with van der Waals surface area (Å²) in [5.74, 6) is -0.146. The van der Waals surface area contributed by atoms with Crippen molar-refractivity contribution in [2.24, 2.45) is 5.92 Å². The molecule has 3 nitrogen and oxygen atoms in total. The lowest BCUT2D eigenvalue weighted by Gasteiger charge is -2.11. The minimum Gasteiger partial charge on any atom is -0.461 e. The molecule has 0 aliphatic heterocycles. The van der Waals surface area contributed by atoms with Crippen molar-refractivity contribution < 1.29 is 9.53 Å². The second-order valence-corrected chi connectivity index (χ2v) is 3.93. The van der Waals surface area contributed by atoms with Crippen LogP contribution in [0.15, 0.2) is 24.3 Å². The standard InChI is InChI=1S/C14H17NO2/c1-3-13(4-2)14(16)17-10-12-7-5-11(9-15)6-8-12/h5-8,13H,3-4,10H2,1-2H3. The van der Waals surface area contributed by atoms with Gasteiger partial charge < -0.3 is 4.74 Å². The molecule has 17 heavy (non-hydrogen) atoms. The number of esters is 1. The molecule has 0 aliphatic carbocycles. The van der Waals surface area contributed by atoms with E-state index in [4.69, 9.17) is 10.00 Å². The minimum absolute atomic E-state index is 0.00613. The van der Waals surface area contributed by atoms with E-state index in [2.05, 4.69) is 0 Å². The summed E-state index contributed by atoms with van der Waals surface area (Å²) in [5.41, 5.74) is 1.52. The van der Waals surface area contributed by atoms with Crippen LogP contribution in [-0.4, -0.2) is 5.97 Å². The summed E-state index contributed by atoms with van der Waals surface area (Å²) in [5, 5.41) is 8.65. The van der Waals surface area contributed by atoms with Crippen LogP contribution in [0.1, 0.15) is 37.8 Å². The molecular weight excluding hydrogens is 214 g/mol. The Hall–Kier alpha value is -1.82. The topological polar surface area (TPSA) is 50.1 Å². The van der Waals surface area contributed by atoms with Crippen molar-refractivity contribution in [1.29, 1.82) is 5.26 Å². The fraction of sp³-hybridized carbons (Fsp3) is 0.429. The highest BCUT2D eigenvalue weighted by Crippen LogP contribution is 2.12. The van der Waals surface area contributed by atoms with Crippen LogP contribution in [0.5, 0.6) is 0 Å². The third-order valence-electron chi connectivity index (χ3n) is 2.78. The van der Waals surface area contributed by atoms with Gasteiger partial charge in [-0.3, -0.25) is 4.79 Å². The molecule has 0 atom stereocenters. The molecule has 0 bridgehead atoms. The molecule has 90 valence electrons. The molecule has 0 saturated carbocycles.